The van der Waals surface area contributed by atoms with E-state index in [-0.39, 0.29) is 5.69 Å². The summed E-state index contributed by atoms with van der Waals surface area (Å²) in [6.07, 6.45) is 0. The molecule has 1 heterocycles. The van der Waals surface area contributed by atoms with E-state index in [0.717, 1.165) is 0 Å². The molecular formula is C9H7ClN2O2. The Hall–Kier alpha value is -1.68. The Morgan fingerprint density at radius 1 is 1.43 bits per heavy atom. The number of anilines is 1. The number of aromatic nitrogens is 1. The maximum atomic E-state index is 11.0. The van der Waals surface area contributed by atoms with Crippen molar-refractivity contribution in [2.75, 3.05) is 5.73 Å². The standard InChI is InChI=1S/C9H7ClN2O2/c10-6-3-1-2-5(4-6)8-7(11)9(13)12-14-8/h1-4H,11H2,(H,12,13). The molecule has 0 unspecified atom stereocenters. The summed E-state index contributed by atoms with van der Waals surface area (Å²) >= 11 is 5.78. The van der Waals surface area contributed by atoms with Gasteiger partial charge in [-0.15, -0.1) is 0 Å². The first-order valence-electron chi connectivity index (χ1n) is 3.91. The Balaban J connectivity index is 2.60. The predicted octanol–water partition coefficient (Wildman–Crippen LogP) is 1.87. The van der Waals surface area contributed by atoms with Crippen LogP contribution in [-0.4, -0.2) is 5.16 Å². The molecule has 4 nitrogen and oxygen atoms in total. The molecule has 1 aromatic carbocycles. The lowest BCUT2D eigenvalue weighted by molar-refractivity contribution is 0.426. The van der Waals surface area contributed by atoms with Crippen molar-refractivity contribution >= 4 is 17.3 Å². The van der Waals surface area contributed by atoms with Gasteiger partial charge in [0.15, 0.2) is 5.76 Å². The number of aromatic amines is 1. The lowest BCUT2D eigenvalue weighted by Crippen LogP contribution is -2.04. The minimum atomic E-state index is -0.431. The number of benzene rings is 1. The molecule has 14 heavy (non-hydrogen) atoms. The molecule has 0 aliphatic heterocycles. The van der Waals surface area contributed by atoms with E-state index in [4.69, 9.17) is 21.9 Å². The minimum absolute atomic E-state index is 0.0623. The van der Waals surface area contributed by atoms with Crippen molar-refractivity contribution < 1.29 is 4.52 Å². The highest BCUT2D eigenvalue weighted by molar-refractivity contribution is 6.30. The third-order valence-electron chi connectivity index (χ3n) is 1.82. The molecule has 3 N–H and O–H groups in total. The van der Waals surface area contributed by atoms with Gasteiger partial charge in [-0.25, -0.2) is 0 Å². The molecule has 72 valence electrons. The molecule has 0 saturated carbocycles. The fourth-order valence-electron chi connectivity index (χ4n) is 1.15. The van der Waals surface area contributed by atoms with Crippen LogP contribution in [0.4, 0.5) is 5.69 Å². The van der Waals surface area contributed by atoms with Crippen LogP contribution in [0.5, 0.6) is 0 Å². The van der Waals surface area contributed by atoms with Gasteiger partial charge in [-0.05, 0) is 12.1 Å². The number of halogens is 1. The molecule has 0 aliphatic rings. The van der Waals surface area contributed by atoms with Crippen LogP contribution in [0.15, 0.2) is 33.6 Å². The zero-order valence-electron chi connectivity index (χ0n) is 7.08. The summed E-state index contributed by atoms with van der Waals surface area (Å²) < 4.78 is 4.91. The molecule has 0 bridgehead atoms. The fourth-order valence-corrected chi connectivity index (χ4v) is 1.34. The number of nitrogens with two attached hydrogens (primary N) is 1. The van der Waals surface area contributed by atoms with Crippen molar-refractivity contribution in [3.05, 3.63) is 39.6 Å². The van der Waals surface area contributed by atoms with Crippen molar-refractivity contribution in [2.45, 2.75) is 0 Å². The van der Waals surface area contributed by atoms with Crippen LogP contribution in [0.25, 0.3) is 11.3 Å². The molecule has 0 saturated heterocycles. The highest BCUT2D eigenvalue weighted by Gasteiger charge is 2.10. The van der Waals surface area contributed by atoms with E-state index in [9.17, 15) is 4.79 Å². The first-order chi connectivity index (χ1) is 6.68. The summed E-state index contributed by atoms with van der Waals surface area (Å²) in [7, 11) is 0. The molecule has 1 aromatic heterocycles. The van der Waals surface area contributed by atoms with Gasteiger partial charge in [0, 0.05) is 10.6 Å². The number of rotatable bonds is 1. The van der Waals surface area contributed by atoms with E-state index in [1.165, 1.54) is 0 Å². The van der Waals surface area contributed by atoms with Gasteiger partial charge in [0.25, 0.3) is 0 Å². The number of nitrogen functional groups attached to an aromatic ring is 1. The van der Waals surface area contributed by atoms with Crippen molar-refractivity contribution in [2.24, 2.45) is 0 Å². The third kappa shape index (κ3) is 1.40. The summed E-state index contributed by atoms with van der Waals surface area (Å²) in [6, 6.07) is 6.91. The summed E-state index contributed by atoms with van der Waals surface area (Å²) in [5, 5.41) is 2.72. The summed E-state index contributed by atoms with van der Waals surface area (Å²) in [6.45, 7) is 0. The monoisotopic (exact) mass is 210 g/mol. The average molecular weight is 211 g/mol. The Morgan fingerprint density at radius 2 is 2.21 bits per heavy atom. The van der Waals surface area contributed by atoms with Crippen molar-refractivity contribution in [3.63, 3.8) is 0 Å². The van der Waals surface area contributed by atoms with Gasteiger partial charge in [-0.1, -0.05) is 23.7 Å². The number of hydrogen-bond donors (Lipinski definition) is 2. The van der Waals surface area contributed by atoms with E-state index >= 15 is 0 Å². The molecule has 0 aliphatic carbocycles. The third-order valence-corrected chi connectivity index (χ3v) is 2.06. The normalized spacial score (nSPS) is 10.4. The number of nitrogens with one attached hydrogen (secondary N) is 1. The van der Waals surface area contributed by atoms with Gasteiger partial charge in [0.2, 0.25) is 0 Å². The molecule has 5 heteroatoms. The largest absolute Gasteiger partial charge is 0.391 e. The molecule has 0 fully saturated rings. The number of H-pyrrole nitrogens is 1. The summed E-state index contributed by atoms with van der Waals surface area (Å²) in [4.78, 5) is 11.0. The zero-order chi connectivity index (χ0) is 10.1. The topological polar surface area (TPSA) is 72.0 Å². The van der Waals surface area contributed by atoms with Crippen molar-refractivity contribution in [1.82, 2.24) is 5.16 Å². The fraction of sp³-hybridized carbons (Fsp3) is 0. The molecule has 2 aromatic rings. The van der Waals surface area contributed by atoms with Crippen LogP contribution in [0.1, 0.15) is 0 Å². The molecule has 2 rings (SSSR count). The van der Waals surface area contributed by atoms with Gasteiger partial charge < -0.3 is 10.3 Å². The highest BCUT2D eigenvalue weighted by atomic mass is 35.5. The maximum Gasteiger partial charge on any atom is 0.303 e. The first kappa shape index (κ1) is 8.90. The molecule has 0 amide bonds. The van der Waals surface area contributed by atoms with E-state index in [1.54, 1.807) is 24.3 Å². The molecule has 0 atom stereocenters. The van der Waals surface area contributed by atoms with Crippen molar-refractivity contribution in [3.8, 4) is 11.3 Å². The lowest BCUT2D eigenvalue weighted by atomic mass is 10.1. The van der Waals surface area contributed by atoms with Gasteiger partial charge in [0.05, 0.1) is 0 Å². The average Bonchev–Trinajstić information content (AvgIpc) is 2.48. The van der Waals surface area contributed by atoms with Crippen molar-refractivity contribution in [1.29, 1.82) is 0 Å². The highest BCUT2D eigenvalue weighted by Crippen LogP contribution is 2.25. The smallest absolute Gasteiger partial charge is 0.303 e. The van der Waals surface area contributed by atoms with Gasteiger partial charge in [-0.2, -0.15) is 5.16 Å². The predicted molar refractivity (Wildman–Crippen MR) is 54.2 cm³/mol. The second-order valence-corrected chi connectivity index (χ2v) is 3.22. The zero-order valence-corrected chi connectivity index (χ0v) is 7.84. The Labute approximate surface area is 84.3 Å². The first-order valence-corrected chi connectivity index (χ1v) is 4.29. The van der Waals surface area contributed by atoms with Crippen LogP contribution >= 0.6 is 11.6 Å². The summed E-state index contributed by atoms with van der Waals surface area (Å²) in [5.74, 6) is 0.317. The maximum absolute atomic E-state index is 11.0. The van der Waals surface area contributed by atoms with Crippen LogP contribution < -0.4 is 11.3 Å². The SMILES string of the molecule is Nc1c(-c2cccc(Cl)c2)o[nH]c1=O. The van der Waals surface area contributed by atoms with E-state index in [2.05, 4.69) is 5.16 Å². The Bertz CT molecular complexity index is 516. The van der Waals surface area contributed by atoms with E-state index in [0.29, 0.717) is 16.3 Å². The van der Waals surface area contributed by atoms with Crippen LogP contribution in [0.3, 0.4) is 0 Å². The van der Waals surface area contributed by atoms with Crippen LogP contribution in [0.2, 0.25) is 5.02 Å². The van der Waals surface area contributed by atoms with Gasteiger partial charge in [0.1, 0.15) is 5.69 Å². The second kappa shape index (κ2) is 3.23. The van der Waals surface area contributed by atoms with Gasteiger partial charge >= 0.3 is 5.56 Å². The summed E-state index contributed by atoms with van der Waals surface area (Å²) in [5.41, 5.74) is 5.81. The minimum Gasteiger partial charge on any atom is -0.391 e. The second-order valence-electron chi connectivity index (χ2n) is 2.79. The quantitative estimate of drug-likeness (QED) is 0.755. The number of hydrogen-bond acceptors (Lipinski definition) is 3. The van der Waals surface area contributed by atoms with E-state index in [1.807, 2.05) is 0 Å². The Morgan fingerprint density at radius 3 is 2.79 bits per heavy atom. The van der Waals surface area contributed by atoms with Gasteiger partial charge in [-0.3, -0.25) is 4.79 Å². The lowest BCUT2D eigenvalue weighted by Gasteiger charge is -1.96. The van der Waals surface area contributed by atoms with E-state index < -0.39 is 5.56 Å². The molecule has 0 radical (unpaired) electrons. The Kier molecular flexibility index (Phi) is 2.05. The molecular weight excluding hydrogens is 204 g/mol. The van der Waals surface area contributed by atoms with Crippen LogP contribution in [0, 0.1) is 0 Å². The molecule has 0 spiro atoms. The van der Waals surface area contributed by atoms with Crippen LogP contribution in [-0.2, 0) is 0 Å².